The van der Waals surface area contributed by atoms with E-state index in [0.717, 1.165) is 16.9 Å². The number of amides is 1. The summed E-state index contributed by atoms with van der Waals surface area (Å²) >= 11 is 0. The van der Waals surface area contributed by atoms with E-state index in [1.54, 1.807) is 49.6 Å². The van der Waals surface area contributed by atoms with Crippen LogP contribution in [0.1, 0.15) is 56.0 Å². The predicted molar refractivity (Wildman–Crippen MR) is 150 cm³/mol. The minimum atomic E-state index is -0.783. The van der Waals surface area contributed by atoms with Crippen LogP contribution in [0.4, 0.5) is 0 Å². The molecule has 0 saturated carbocycles. The number of aliphatic hydroxyl groups excluding tert-OH is 1. The summed E-state index contributed by atoms with van der Waals surface area (Å²) in [5, 5.41) is 11.4. The second-order valence-corrected chi connectivity index (χ2v) is 10.2. The maximum atomic E-state index is 13.4. The van der Waals surface area contributed by atoms with Gasteiger partial charge in [-0.2, -0.15) is 0 Å². The third kappa shape index (κ3) is 6.08. The Labute approximate surface area is 229 Å². The topological polar surface area (TPSA) is 85.3 Å². The third-order valence-corrected chi connectivity index (χ3v) is 6.43. The Morgan fingerprint density at radius 1 is 0.872 bits per heavy atom. The smallest absolute Gasteiger partial charge is 0.295 e. The summed E-state index contributed by atoms with van der Waals surface area (Å²) in [4.78, 5) is 28.3. The first-order valence-corrected chi connectivity index (χ1v) is 13.0. The lowest BCUT2D eigenvalue weighted by Gasteiger charge is -2.26. The molecule has 3 aromatic carbocycles. The molecule has 1 N–H and O–H groups in total. The molecule has 1 aliphatic heterocycles. The van der Waals surface area contributed by atoms with Crippen LogP contribution >= 0.6 is 0 Å². The standard InChI is InChI=1S/C32H35NO6/c1-19(2)38-26-12-7-22(8-13-26)18-33-29(23-9-14-25(37-6)15-10-23)28(31(35)32(33)36)30(34)24-11-16-27(21(5)17-24)39-20(3)4/h7-17,19-20,29,34H,18H2,1-6H3/b30-28-. The monoisotopic (exact) mass is 529 g/mol. The lowest BCUT2D eigenvalue weighted by atomic mass is 9.94. The van der Waals surface area contributed by atoms with E-state index in [1.165, 1.54) is 4.90 Å². The summed E-state index contributed by atoms with van der Waals surface area (Å²) in [7, 11) is 1.57. The SMILES string of the molecule is COc1ccc(C2/C(=C(/O)c3ccc(OC(C)C)c(C)c3)C(=O)C(=O)N2Cc2ccc(OC(C)C)cc2)cc1. The molecule has 1 amide bonds. The van der Waals surface area contributed by atoms with Crippen molar-refractivity contribution in [2.75, 3.05) is 7.11 Å². The van der Waals surface area contributed by atoms with E-state index in [9.17, 15) is 14.7 Å². The Kier molecular flexibility index (Phi) is 8.29. The average molecular weight is 530 g/mol. The van der Waals surface area contributed by atoms with Crippen molar-refractivity contribution in [3.63, 3.8) is 0 Å². The number of hydrogen-bond donors (Lipinski definition) is 1. The molecule has 0 spiro atoms. The molecule has 7 nitrogen and oxygen atoms in total. The number of ether oxygens (including phenoxy) is 3. The second-order valence-electron chi connectivity index (χ2n) is 10.2. The molecule has 39 heavy (non-hydrogen) atoms. The van der Waals surface area contributed by atoms with Gasteiger partial charge in [0.2, 0.25) is 0 Å². The third-order valence-electron chi connectivity index (χ3n) is 6.43. The van der Waals surface area contributed by atoms with E-state index < -0.39 is 17.7 Å². The Bertz CT molecular complexity index is 1370. The van der Waals surface area contributed by atoms with Crippen molar-refractivity contribution >= 4 is 17.4 Å². The van der Waals surface area contributed by atoms with Gasteiger partial charge in [-0.1, -0.05) is 24.3 Å². The van der Waals surface area contributed by atoms with Crippen LogP contribution in [0.3, 0.4) is 0 Å². The maximum absolute atomic E-state index is 13.4. The number of ketones is 1. The normalized spacial score (nSPS) is 16.7. The van der Waals surface area contributed by atoms with Gasteiger partial charge >= 0.3 is 0 Å². The zero-order chi connectivity index (χ0) is 28.3. The van der Waals surface area contributed by atoms with E-state index in [2.05, 4.69) is 0 Å². The molecule has 3 aromatic rings. The Morgan fingerprint density at radius 3 is 2.05 bits per heavy atom. The van der Waals surface area contributed by atoms with Gasteiger partial charge in [-0.25, -0.2) is 0 Å². The largest absolute Gasteiger partial charge is 0.507 e. The molecular formula is C32H35NO6. The Balaban J connectivity index is 1.77. The molecule has 0 bridgehead atoms. The molecule has 1 heterocycles. The van der Waals surface area contributed by atoms with Crippen molar-refractivity contribution < 1.29 is 28.9 Å². The van der Waals surface area contributed by atoms with Crippen molar-refractivity contribution in [1.82, 2.24) is 4.90 Å². The first-order chi connectivity index (χ1) is 18.6. The molecule has 1 unspecified atom stereocenters. The quantitative estimate of drug-likeness (QED) is 0.202. The fraction of sp³-hybridized carbons (Fsp3) is 0.312. The Hall–Kier alpha value is -4.26. The number of aliphatic hydroxyl groups is 1. The minimum absolute atomic E-state index is 0.00505. The number of Topliss-reactive ketones (excluding diaryl/α,β-unsaturated/α-hetero) is 1. The summed E-state index contributed by atoms with van der Waals surface area (Å²) in [5.41, 5.74) is 2.81. The van der Waals surface area contributed by atoms with Gasteiger partial charge in [0, 0.05) is 12.1 Å². The first-order valence-electron chi connectivity index (χ1n) is 13.0. The number of methoxy groups -OCH3 is 1. The fourth-order valence-corrected chi connectivity index (χ4v) is 4.66. The highest BCUT2D eigenvalue weighted by molar-refractivity contribution is 6.46. The molecule has 1 saturated heterocycles. The predicted octanol–water partition coefficient (Wildman–Crippen LogP) is 6.20. The lowest BCUT2D eigenvalue weighted by Crippen LogP contribution is -2.29. The van der Waals surface area contributed by atoms with E-state index in [0.29, 0.717) is 22.6 Å². The van der Waals surface area contributed by atoms with Crippen molar-refractivity contribution in [1.29, 1.82) is 0 Å². The molecule has 0 aliphatic carbocycles. The van der Waals surface area contributed by atoms with Crippen LogP contribution in [0, 0.1) is 6.92 Å². The molecule has 1 aliphatic rings. The first kappa shape index (κ1) is 27.8. The van der Waals surface area contributed by atoms with Crippen LogP contribution in [-0.2, 0) is 16.1 Å². The van der Waals surface area contributed by atoms with Gasteiger partial charge in [0.15, 0.2) is 0 Å². The summed E-state index contributed by atoms with van der Waals surface area (Å²) in [6.07, 6.45) is 0.0351. The van der Waals surface area contributed by atoms with Crippen LogP contribution in [-0.4, -0.2) is 41.0 Å². The highest BCUT2D eigenvalue weighted by Crippen LogP contribution is 2.41. The van der Waals surface area contributed by atoms with Gasteiger partial charge in [-0.3, -0.25) is 9.59 Å². The van der Waals surface area contributed by atoms with Crippen LogP contribution in [0.25, 0.3) is 5.76 Å². The zero-order valence-corrected chi connectivity index (χ0v) is 23.2. The highest BCUT2D eigenvalue weighted by Gasteiger charge is 2.46. The van der Waals surface area contributed by atoms with Crippen LogP contribution < -0.4 is 14.2 Å². The number of hydrogen-bond acceptors (Lipinski definition) is 6. The van der Waals surface area contributed by atoms with Crippen molar-refractivity contribution in [3.05, 3.63) is 94.6 Å². The van der Waals surface area contributed by atoms with E-state index in [1.807, 2.05) is 58.9 Å². The fourth-order valence-electron chi connectivity index (χ4n) is 4.66. The summed E-state index contributed by atoms with van der Waals surface area (Å²) < 4.78 is 16.8. The summed E-state index contributed by atoms with van der Waals surface area (Å²) in [5.74, 6) is 0.440. The lowest BCUT2D eigenvalue weighted by molar-refractivity contribution is -0.140. The van der Waals surface area contributed by atoms with Crippen LogP contribution in [0.2, 0.25) is 0 Å². The molecular weight excluding hydrogens is 494 g/mol. The van der Waals surface area contributed by atoms with Crippen molar-refractivity contribution in [2.24, 2.45) is 0 Å². The van der Waals surface area contributed by atoms with E-state index >= 15 is 0 Å². The molecule has 204 valence electrons. The number of carbonyl (C=O) groups excluding carboxylic acids is 2. The van der Waals surface area contributed by atoms with Gasteiger partial charge in [0.1, 0.15) is 23.0 Å². The molecule has 0 aromatic heterocycles. The number of likely N-dealkylation sites (tertiary alicyclic amines) is 1. The van der Waals surface area contributed by atoms with Gasteiger partial charge in [-0.05, 0) is 93.8 Å². The van der Waals surface area contributed by atoms with Crippen molar-refractivity contribution in [3.8, 4) is 17.2 Å². The maximum Gasteiger partial charge on any atom is 0.295 e. The average Bonchev–Trinajstić information content (AvgIpc) is 3.15. The van der Waals surface area contributed by atoms with Gasteiger partial charge in [-0.15, -0.1) is 0 Å². The number of aryl methyl sites for hydroxylation is 1. The van der Waals surface area contributed by atoms with E-state index in [4.69, 9.17) is 14.2 Å². The molecule has 4 rings (SSSR count). The van der Waals surface area contributed by atoms with Crippen LogP contribution in [0.5, 0.6) is 17.2 Å². The molecule has 0 radical (unpaired) electrons. The van der Waals surface area contributed by atoms with Crippen molar-refractivity contribution in [2.45, 2.75) is 59.4 Å². The second kappa shape index (κ2) is 11.6. The molecule has 1 fully saturated rings. The van der Waals surface area contributed by atoms with Gasteiger partial charge in [0.25, 0.3) is 11.7 Å². The summed E-state index contributed by atoms with van der Waals surface area (Å²) in [6.45, 7) is 9.84. The molecule has 1 atom stereocenters. The summed E-state index contributed by atoms with van der Waals surface area (Å²) in [6, 6.07) is 19.0. The number of rotatable bonds is 9. The number of nitrogens with zero attached hydrogens (tertiary/aromatic N) is 1. The Morgan fingerprint density at radius 2 is 1.49 bits per heavy atom. The highest BCUT2D eigenvalue weighted by atomic mass is 16.5. The van der Waals surface area contributed by atoms with E-state index in [-0.39, 0.29) is 30.1 Å². The minimum Gasteiger partial charge on any atom is -0.507 e. The van der Waals surface area contributed by atoms with Crippen LogP contribution in [0.15, 0.2) is 72.3 Å². The number of carbonyl (C=O) groups is 2. The zero-order valence-electron chi connectivity index (χ0n) is 23.2. The molecule has 7 heteroatoms. The number of benzene rings is 3. The van der Waals surface area contributed by atoms with Gasteiger partial charge in [0.05, 0.1) is 30.9 Å². The van der Waals surface area contributed by atoms with Gasteiger partial charge < -0.3 is 24.2 Å².